The minimum Gasteiger partial charge on any atom is -0.503 e. The van der Waals surface area contributed by atoms with Crippen LogP contribution < -0.4 is 0 Å². The van der Waals surface area contributed by atoms with E-state index in [1.54, 1.807) is 13.8 Å². The summed E-state index contributed by atoms with van der Waals surface area (Å²) < 4.78 is 5.54. The third-order valence-corrected chi connectivity index (χ3v) is 3.99. The van der Waals surface area contributed by atoms with E-state index in [-0.39, 0.29) is 23.4 Å². The average Bonchev–Trinajstić information content (AvgIpc) is 2.79. The first-order chi connectivity index (χ1) is 11.3. The Hall–Kier alpha value is -2.14. The van der Waals surface area contributed by atoms with Crippen LogP contribution in [0.5, 0.6) is 0 Å². The Kier molecular flexibility index (Phi) is 5.78. The number of hydrogen-bond acceptors (Lipinski definition) is 4. The van der Waals surface area contributed by atoms with E-state index in [1.165, 1.54) is 4.90 Å². The number of amides is 1. The fourth-order valence-corrected chi connectivity index (χ4v) is 2.82. The summed E-state index contributed by atoms with van der Waals surface area (Å²) in [5.41, 5.74) is 0.995. The van der Waals surface area contributed by atoms with Crippen LogP contribution in [0.25, 0.3) is 0 Å². The second kappa shape index (κ2) is 7.62. The summed E-state index contributed by atoms with van der Waals surface area (Å²) in [7, 11) is 0. The zero-order valence-corrected chi connectivity index (χ0v) is 14.7. The molecule has 1 aliphatic heterocycles. The molecular formula is C19H25NO4. The molecule has 1 unspecified atom stereocenters. The van der Waals surface area contributed by atoms with Crippen LogP contribution in [0.15, 0.2) is 41.7 Å². The van der Waals surface area contributed by atoms with Crippen molar-refractivity contribution in [2.75, 3.05) is 13.2 Å². The molecule has 5 nitrogen and oxygen atoms in total. The van der Waals surface area contributed by atoms with E-state index in [9.17, 15) is 14.7 Å². The molecule has 1 amide bonds. The monoisotopic (exact) mass is 331 g/mol. The van der Waals surface area contributed by atoms with E-state index < -0.39 is 17.7 Å². The Morgan fingerprint density at radius 3 is 2.38 bits per heavy atom. The van der Waals surface area contributed by atoms with Crippen molar-refractivity contribution in [3.05, 3.63) is 47.2 Å². The van der Waals surface area contributed by atoms with Gasteiger partial charge in [0.15, 0.2) is 11.5 Å². The number of hydrogen-bond donors (Lipinski definition) is 1. The molecule has 0 aromatic heterocycles. The summed E-state index contributed by atoms with van der Waals surface area (Å²) in [5, 5.41) is 10.3. The van der Waals surface area contributed by atoms with Gasteiger partial charge >= 0.3 is 0 Å². The van der Waals surface area contributed by atoms with Crippen LogP contribution in [0.1, 0.15) is 39.3 Å². The Bertz CT molecular complexity index is 634. The first-order valence-corrected chi connectivity index (χ1v) is 8.29. The van der Waals surface area contributed by atoms with E-state index in [0.29, 0.717) is 13.2 Å². The lowest BCUT2D eigenvalue weighted by molar-refractivity contribution is -0.130. The molecule has 0 aliphatic carbocycles. The van der Waals surface area contributed by atoms with E-state index >= 15 is 0 Å². The standard InChI is InChI=1S/C19H25NO4/c1-12(2)17(21)15-16(14-8-6-5-7-9-14)20(19(23)18(15)22)10-11-24-13(3)4/h5-9,12-13,16,22H,10-11H2,1-4H3. The molecule has 0 spiro atoms. The predicted octanol–water partition coefficient (Wildman–Crippen LogP) is 3.03. The fraction of sp³-hybridized carbons (Fsp3) is 0.474. The Morgan fingerprint density at radius 2 is 1.83 bits per heavy atom. The number of rotatable bonds is 7. The minimum atomic E-state index is -0.565. The van der Waals surface area contributed by atoms with Gasteiger partial charge in [0.2, 0.25) is 0 Å². The zero-order valence-electron chi connectivity index (χ0n) is 14.7. The number of Topliss-reactive ketones (excluding diaryl/α,β-unsaturated/α-hetero) is 1. The molecule has 0 bridgehead atoms. The molecule has 5 heteroatoms. The Labute approximate surface area is 142 Å². The van der Waals surface area contributed by atoms with Crippen molar-refractivity contribution in [1.82, 2.24) is 4.90 Å². The van der Waals surface area contributed by atoms with Gasteiger partial charge in [-0.2, -0.15) is 0 Å². The van der Waals surface area contributed by atoms with E-state index in [4.69, 9.17) is 4.74 Å². The largest absolute Gasteiger partial charge is 0.503 e. The van der Waals surface area contributed by atoms with Crippen molar-refractivity contribution in [3.8, 4) is 0 Å². The number of aliphatic hydroxyl groups excluding tert-OH is 1. The van der Waals surface area contributed by atoms with E-state index in [0.717, 1.165) is 5.56 Å². The maximum atomic E-state index is 12.6. The molecule has 130 valence electrons. The third kappa shape index (κ3) is 3.67. The molecule has 1 aromatic carbocycles. The molecule has 1 aliphatic rings. The van der Waals surface area contributed by atoms with Gasteiger partial charge in [0.1, 0.15) is 0 Å². The van der Waals surface area contributed by atoms with Gasteiger partial charge in [-0.25, -0.2) is 0 Å². The molecule has 1 aromatic rings. The third-order valence-electron chi connectivity index (χ3n) is 3.99. The summed E-state index contributed by atoms with van der Waals surface area (Å²) in [4.78, 5) is 26.6. The molecule has 1 N–H and O–H groups in total. The molecule has 1 heterocycles. The zero-order chi connectivity index (χ0) is 17.9. The van der Waals surface area contributed by atoms with Crippen LogP contribution in [0, 0.1) is 5.92 Å². The molecule has 1 atom stereocenters. The second-order valence-corrected chi connectivity index (χ2v) is 6.51. The summed E-state index contributed by atoms with van der Waals surface area (Å²) >= 11 is 0. The van der Waals surface area contributed by atoms with Gasteiger partial charge in [-0.05, 0) is 19.4 Å². The average molecular weight is 331 g/mol. The number of carbonyl (C=O) groups excluding carboxylic acids is 2. The number of ketones is 1. The summed E-state index contributed by atoms with van der Waals surface area (Å²) in [6, 6.07) is 8.75. The van der Waals surface area contributed by atoms with Crippen LogP contribution >= 0.6 is 0 Å². The first-order valence-electron chi connectivity index (χ1n) is 8.29. The SMILES string of the molecule is CC(C)OCCN1C(=O)C(O)=C(C(=O)C(C)C)C1c1ccccc1. The second-order valence-electron chi connectivity index (χ2n) is 6.51. The highest BCUT2D eigenvalue weighted by atomic mass is 16.5. The van der Waals surface area contributed by atoms with Gasteiger partial charge in [0.05, 0.1) is 24.3 Å². The highest BCUT2D eigenvalue weighted by Crippen LogP contribution is 2.38. The van der Waals surface area contributed by atoms with Crippen molar-refractivity contribution in [2.24, 2.45) is 5.92 Å². The molecular weight excluding hydrogens is 306 g/mol. The molecule has 0 saturated carbocycles. The van der Waals surface area contributed by atoms with Crippen molar-refractivity contribution >= 4 is 11.7 Å². The van der Waals surface area contributed by atoms with Crippen LogP contribution in [0.2, 0.25) is 0 Å². The maximum absolute atomic E-state index is 12.6. The van der Waals surface area contributed by atoms with Crippen molar-refractivity contribution < 1.29 is 19.4 Å². The Balaban J connectivity index is 2.38. The lowest BCUT2D eigenvalue weighted by Crippen LogP contribution is -2.34. The molecule has 24 heavy (non-hydrogen) atoms. The maximum Gasteiger partial charge on any atom is 0.290 e. The highest BCUT2D eigenvalue weighted by Gasteiger charge is 2.43. The smallest absolute Gasteiger partial charge is 0.290 e. The molecule has 0 saturated heterocycles. The van der Waals surface area contributed by atoms with Gasteiger partial charge in [0, 0.05) is 12.5 Å². The number of benzene rings is 1. The van der Waals surface area contributed by atoms with Crippen molar-refractivity contribution in [2.45, 2.75) is 39.8 Å². The minimum absolute atomic E-state index is 0.0520. The van der Waals surface area contributed by atoms with Crippen LogP contribution in [-0.2, 0) is 14.3 Å². The van der Waals surface area contributed by atoms with Gasteiger partial charge < -0.3 is 14.7 Å². The predicted molar refractivity (Wildman–Crippen MR) is 91.5 cm³/mol. The number of nitrogens with zero attached hydrogens (tertiary/aromatic N) is 1. The number of aliphatic hydroxyl groups is 1. The van der Waals surface area contributed by atoms with Crippen molar-refractivity contribution in [3.63, 3.8) is 0 Å². The summed E-state index contributed by atoms with van der Waals surface area (Å²) in [6.07, 6.45) is 0.0520. The normalized spacial score (nSPS) is 18.2. The van der Waals surface area contributed by atoms with E-state index in [2.05, 4.69) is 0 Å². The molecule has 0 fully saturated rings. The molecule has 2 rings (SSSR count). The highest BCUT2D eigenvalue weighted by molar-refractivity contribution is 6.09. The van der Waals surface area contributed by atoms with Crippen LogP contribution in [0.4, 0.5) is 0 Å². The first kappa shape index (κ1) is 18.2. The van der Waals surface area contributed by atoms with Gasteiger partial charge in [0.25, 0.3) is 5.91 Å². The van der Waals surface area contributed by atoms with Crippen molar-refractivity contribution in [1.29, 1.82) is 0 Å². The Morgan fingerprint density at radius 1 is 1.21 bits per heavy atom. The van der Waals surface area contributed by atoms with Crippen LogP contribution in [0.3, 0.4) is 0 Å². The number of ether oxygens (including phenoxy) is 1. The molecule has 0 radical (unpaired) electrons. The van der Waals surface area contributed by atoms with E-state index in [1.807, 2.05) is 44.2 Å². The lowest BCUT2D eigenvalue weighted by Gasteiger charge is -2.27. The summed E-state index contributed by atoms with van der Waals surface area (Å²) in [5.74, 6) is -1.46. The topological polar surface area (TPSA) is 66.8 Å². The van der Waals surface area contributed by atoms with Crippen LogP contribution in [-0.4, -0.2) is 41.0 Å². The van der Waals surface area contributed by atoms with Gasteiger partial charge in [-0.3, -0.25) is 9.59 Å². The quantitative estimate of drug-likeness (QED) is 0.834. The number of carbonyl (C=O) groups is 2. The van der Waals surface area contributed by atoms with Gasteiger partial charge in [-0.1, -0.05) is 44.2 Å². The lowest BCUT2D eigenvalue weighted by atomic mass is 9.91. The summed E-state index contributed by atoms with van der Waals surface area (Å²) in [6.45, 7) is 8.03. The fourth-order valence-electron chi connectivity index (χ4n) is 2.82. The van der Waals surface area contributed by atoms with Gasteiger partial charge in [-0.15, -0.1) is 0 Å².